The Balaban J connectivity index is 2.44. The van der Waals surface area contributed by atoms with Gasteiger partial charge in [-0.2, -0.15) is 0 Å². The van der Waals surface area contributed by atoms with Gasteiger partial charge < -0.3 is 14.2 Å². The molecule has 2 heterocycles. The summed E-state index contributed by atoms with van der Waals surface area (Å²) in [5.74, 6) is -1.31. The van der Waals surface area contributed by atoms with Crippen molar-refractivity contribution in [2.75, 3.05) is 5.33 Å². The molecule has 0 amide bonds. The Kier molecular flexibility index (Phi) is 1.97. The molecule has 0 saturated carbocycles. The maximum Gasteiger partial charge on any atom is 0.210 e. The van der Waals surface area contributed by atoms with Crippen LogP contribution in [0.4, 0.5) is 0 Å². The summed E-state index contributed by atoms with van der Waals surface area (Å²) in [4.78, 5) is 0. The van der Waals surface area contributed by atoms with E-state index in [2.05, 4.69) is 15.9 Å². The first kappa shape index (κ1) is 10.9. The van der Waals surface area contributed by atoms with Gasteiger partial charge >= 0.3 is 0 Å². The van der Waals surface area contributed by atoms with Crippen LogP contribution in [0, 0.1) is 0 Å². The van der Waals surface area contributed by atoms with Gasteiger partial charge in [-0.05, 0) is 34.6 Å². The maximum atomic E-state index is 6.01. The van der Waals surface area contributed by atoms with Crippen LogP contribution in [0.5, 0.6) is 0 Å². The quantitative estimate of drug-likeness (QED) is 0.681. The lowest BCUT2D eigenvalue weighted by Gasteiger charge is -2.44. The van der Waals surface area contributed by atoms with Crippen LogP contribution in [0.25, 0.3) is 0 Å². The summed E-state index contributed by atoms with van der Waals surface area (Å²) in [6.07, 6.45) is 0. The zero-order valence-corrected chi connectivity index (χ0v) is 10.9. The van der Waals surface area contributed by atoms with Crippen LogP contribution in [-0.4, -0.2) is 28.1 Å². The molecule has 0 aliphatic carbocycles. The summed E-state index contributed by atoms with van der Waals surface area (Å²) in [7, 11) is 0. The van der Waals surface area contributed by atoms with Crippen molar-refractivity contribution < 1.29 is 14.2 Å². The molecule has 2 bridgehead atoms. The van der Waals surface area contributed by atoms with Crippen molar-refractivity contribution in [1.29, 1.82) is 0 Å². The van der Waals surface area contributed by atoms with Crippen molar-refractivity contribution in [2.24, 2.45) is 0 Å². The Morgan fingerprint density at radius 3 is 1.71 bits per heavy atom. The van der Waals surface area contributed by atoms with E-state index in [9.17, 15) is 0 Å². The van der Waals surface area contributed by atoms with E-state index in [-0.39, 0.29) is 0 Å². The summed E-state index contributed by atoms with van der Waals surface area (Å²) in [5.41, 5.74) is -0.822. The van der Waals surface area contributed by atoms with Gasteiger partial charge in [-0.3, -0.25) is 0 Å². The van der Waals surface area contributed by atoms with Crippen LogP contribution in [0.3, 0.4) is 0 Å². The minimum absolute atomic E-state index is 0.406. The molecule has 2 aliphatic heterocycles. The molecule has 2 atom stereocenters. The van der Waals surface area contributed by atoms with Crippen molar-refractivity contribution in [3.05, 3.63) is 0 Å². The molecular weight excluding hydrogens is 248 g/mol. The van der Waals surface area contributed by atoms with Gasteiger partial charge in [0.25, 0.3) is 0 Å². The second-order valence-electron chi connectivity index (χ2n) is 5.16. The first-order chi connectivity index (χ1) is 6.18. The minimum atomic E-state index is -0.661. The van der Waals surface area contributed by atoms with E-state index in [1.54, 1.807) is 0 Å². The molecule has 0 aromatic rings. The van der Waals surface area contributed by atoms with Gasteiger partial charge in [0.15, 0.2) is 5.79 Å². The zero-order valence-electron chi connectivity index (χ0n) is 9.31. The smallest absolute Gasteiger partial charge is 0.210 e. The Bertz CT molecular complexity index is 273. The van der Waals surface area contributed by atoms with Crippen LogP contribution < -0.4 is 0 Å². The van der Waals surface area contributed by atoms with Gasteiger partial charge in [-0.15, -0.1) is 0 Å². The average molecular weight is 265 g/mol. The highest BCUT2D eigenvalue weighted by Crippen LogP contribution is 2.58. The van der Waals surface area contributed by atoms with Gasteiger partial charge in [0.05, 0.1) is 5.33 Å². The minimum Gasteiger partial charge on any atom is -0.336 e. The second kappa shape index (κ2) is 2.54. The van der Waals surface area contributed by atoms with Crippen molar-refractivity contribution in [3.63, 3.8) is 0 Å². The van der Waals surface area contributed by atoms with E-state index in [1.807, 2.05) is 34.6 Å². The summed E-state index contributed by atoms with van der Waals surface area (Å²) in [6.45, 7) is 9.91. The molecule has 2 unspecified atom stereocenters. The van der Waals surface area contributed by atoms with E-state index in [0.717, 1.165) is 0 Å². The van der Waals surface area contributed by atoms with E-state index in [4.69, 9.17) is 14.2 Å². The number of ether oxygens (including phenoxy) is 3. The van der Waals surface area contributed by atoms with Crippen LogP contribution in [-0.2, 0) is 14.2 Å². The molecule has 2 rings (SSSR count). The monoisotopic (exact) mass is 264 g/mol. The van der Waals surface area contributed by atoms with Gasteiger partial charge in [-0.25, -0.2) is 0 Å². The number of rotatable bonds is 1. The molecule has 0 aromatic carbocycles. The Morgan fingerprint density at radius 1 is 0.857 bits per heavy atom. The Labute approximate surface area is 93.2 Å². The largest absolute Gasteiger partial charge is 0.336 e. The predicted octanol–water partition coefficient (Wildman–Crippen LogP) is 2.43. The molecule has 0 radical (unpaired) electrons. The van der Waals surface area contributed by atoms with Crippen molar-refractivity contribution in [1.82, 2.24) is 0 Å². The molecule has 2 aliphatic rings. The van der Waals surface area contributed by atoms with E-state index in [1.165, 1.54) is 0 Å². The molecule has 0 spiro atoms. The van der Waals surface area contributed by atoms with Crippen LogP contribution in [0.15, 0.2) is 0 Å². The standard InChI is InChI=1S/C10H17BrO3/c1-7(2)9(5)12-8(3,4)10(6-11,13-7)14-9/h6H2,1-5H3. The lowest BCUT2D eigenvalue weighted by Crippen LogP contribution is -2.59. The topological polar surface area (TPSA) is 27.7 Å². The molecule has 82 valence electrons. The van der Waals surface area contributed by atoms with Crippen LogP contribution in [0.1, 0.15) is 34.6 Å². The molecule has 3 nitrogen and oxygen atoms in total. The third kappa shape index (κ3) is 1.03. The van der Waals surface area contributed by atoms with Gasteiger partial charge in [0.1, 0.15) is 11.2 Å². The number of halogens is 1. The normalized spacial score (nSPS) is 48.4. The first-order valence-corrected chi connectivity index (χ1v) is 5.97. The van der Waals surface area contributed by atoms with Gasteiger partial charge in [-0.1, -0.05) is 15.9 Å². The fourth-order valence-electron chi connectivity index (χ4n) is 2.13. The number of hydrogen-bond donors (Lipinski definition) is 0. The fourth-order valence-corrected chi connectivity index (χ4v) is 3.04. The highest BCUT2D eigenvalue weighted by atomic mass is 79.9. The van der Waals surface area contributed by atoms with E-state index in [0.29, 0.717) is 5.33 Å². The van der Waals surface area contributed by atoms with Crippen molar-refractivity contribution in [3.8, 4) is 0 Å². The Hall–Kier alpha value is 0.360. The lowest BCUT2D eigenvalue weighted by molar-refractivity contribution is -0.278. The molecule has 2 saturated heterocycles. The van der Waals surface area contributed by atoms with Crippen molar-refractivity contribution in [2.45, 2.75) is 57.4 Å². The zero-order chi connectivity index (χ0) is 10.8. The third-order valence-corrected chi connectivity index (χ3v) is 4.15. The number of alkyl halides is 1. The number of hydrogen-bond acceptors (Lipinski definition) is 3. The number of fused-ring (bicyclic) bond motifs is 2. The fraction of sp³-hybridized carbons (Fsp3) is 1.00. The highest BCUT2D eigenvalue weighted by molar-refractivity contribution is 9.09. The van der Waals surface area contributed by atoms with Crippen LogP contribution >= 0.6 is 15.9 Å². The first-order valence-electron chi connectivity index (χ1n) is 4.85. The SMILES string of the molecule is CC1(C)OC2(CBr)OC1(C)OC2(C)C. The molecule has 2 fully saturated rings. The predicted molar refractivity (Wildman–Crippen MR) is 56.3 cm³/mol. The van der Waals surface area contributed by atoms with Crippen molar-refractivity contribution >= 4 is 15.9 Å². The maximum absolute atomic E-state index is 6.01. The van der Waals surface area contributed by atoms with E-state index >= 15 is 0 Å². The second-order valence-corrected chi connectivity index (χ2v) is 5.72. The summed E-state index contributed by atoms with van der Waals surface area (Å²) in [6, 6.07) is 0. The molecule has 0 N–H and O–H groups in total. The molecule has 14 heavy (non-hydrogen) atoms. The molecule has 0 aromatic heterocycles. The Morgan fingerprint density at radius 2 is 1.43 bits per heavy atom. The average Bonchev–Trinajstić information content (AvgIpc) is 2.30. The summed E-state index contributed by atoms with van der Waals surface area (Å²) >= 11 is 3.44. The van der Waals surface area contributed by atoms with Gasteiger partial charge in [0.2, 0.25) is 5.79 Å². The van der Waals surface area contributed by atoms with E-state index < -0.39 is 22.8 Å². The third-order valence-electron chi connectivity index (χ3n) is 3.42. The summed E-state index contributed by atoms with van der Waals surface area (Å²) < 4.78 is 17.9. The summed E-state index contributed by atoms with van der Waals surface area (Å²) in [5, 5.41) is 0.617. The van der Waals surface area contributed by atoms with Crippen LogP contribution in [0.2, 0.25) is 0 Å². The molecule has 4 heteroatoms. The van der Waals surface area contributed by atoms with Gasteiger partial charge in [0, 0.05) is 0 Å². The highest BCUT2D eigenvalue weighted by Gasteiger charge is 2.73. The lowest BCUT2D eigenvalue weighted by atomic mass is 9.94. The molecular formula is C10H17BrO3.